The van der Waals surface area contributed by atoms with Crippen molar-refractivity contribution in [2.24, 2.45) is 0 Å². The highest BCUT2D eigenvalue weighted by atomic mass is 32.1. The number of benzene rings is 2. The van der Waals surface area contributed by atoms with Crippen LogP contribution in [0.4, 0.5) is 15.8 Å². The zero-order valence-corrected chi connectivity index (χ0v) is 21.0. The van der Waals surface area contributed by atoms with Crippen LogP contribution in [-0.2, 0) is 4.79 Å². The molecule has 36 heavy (non-hydrogen) atoms. The van der Waals surface area contributed by atoms with E-state index in [-0.39, 0.29) is 23.8 Å². The molecule has 1 amide bonds. The largest absolute Gasteiger partial charge is 0.351 e. The zero-order chi connectivity index (χ0) is 25.4. The van der Waals surface area contributed by atoms with E-state index in [0.717, 1.165) is 34.0 Å². The Kier molecular flexibility index (Phi) is 6.28. The fourth-order valence-electron chi connectivity index (χ4n) is 4.96. The summed E-state index contributed by atoms with van der Waals surface area (Å²) in [5.74, 6) is -0.406. The number of anilines is 2. The van der Waals surface area contributed by atoms with Gasteiger partial charge in [-0.1, -0.05) is 12.1 Å². The summed E-state index contributed by atoms with van der Waals surface area (Å²) in [7, 11) is 0. The van der Waals surface area contributed by atoms with E-state index >= 15 is 0 Å². The van der Waals surface area contributed by atoms with Crippen molar-refractivity contribution in [1.29, 1.82) is 0 Å². The highest BCUT2D eigenvalue weighted by Crippen LogP contribution is 2.43. The van der Waals surface area contributed by atoms with Crippen molar-refractivity contribution in [2.45, 2.75) is 32.9 Å². The lowest BCUT2D eigenvalue weighted by Gasteiger charge is -2.28. The third-order valence-corrected chi connectivity index (χ3v) is 6.73. The lowest BCUT2D eigenvalue weighted by molar-refractivity contribution is -0.114. The van der Waals surface area contributed by atoms with E-state index in [0.29, 0.717) is 10.8 Å². The molecule has 1 fully saturated rings. The van der Waals surface area contributed by atoms with Crippen LogP contribution in [0.5, 0.6) is 0 Å². The summed E-state index contributed by atoms with van der Waals surface area (Å²) in [6, 6.07) is 21.8. The summed E-state index contributed by atoms with van der Waals surface area (Å²) in [4.78, 5) is 18.2. The number of pyridine rings is 1. The molecule has 8 heteroatoms. The number of nitrogens with zero attached hydrogens (tertiary/aromatic N) is 3. The van der Waals surface area contributed by atoms with E-state index in [1.807, 2.05) is 62.4 Å². The van der Waals surface area contributed by atoms with Gasteiger partial charge in [-0.25, -0.2) is 4.39 Å². The van der Waals surface area contributed by atoms with Crippen molar-refractivity contribution in [3.63, 3.8) is 0 Å². The zero-order valence-electron chi connectivity index (χ0n) is 20.2. The maximum Gasteiger partial charge on any atom is 0.221 e. The normalized spacial score (nSPS) is 17.2. The van der Waals surface area contributed by atoms with E-state index < -0.39 is 0 Å². The Labute approximate surface area is 214 Å². The molecule has 5 rings (SSSR count). The predicted molar refractivity (Wildman–Crippen MR) is 144 cm³/mol. The van der Waals surface area contributed by atoms with Gasteiger partial charge in [0.2, 0.25) is 5.91 Å². The number of rotatable bonds is 5. The van der Waals surface area contributed by atoms with E-state index in [9.17, 15) is 9.18 Å². The molecule has 6 nitrogen and oxygen atoms in total. The van der Waals surface area contributed by atoms with Gasteiger partial charge >= 0.3 is 0 Å². The van der Waals surface area contributed by atoms with Gasteiger partial charge in [0.25, 0.3) is 0 Å². The molecular formula is C28H26FN5OS. The number of nitrogens with one attached hydrogen (secondary N) is 2. The fourth-order valence-corrected chi connectivity index (χ4v) is 5.30. The van der Waals surface area contributed by atoms with Gasteiger partial charge in [-0.15, -0.1) is 0 Å². The number of halogens is 1. The molecule has 2 atom stereocenters. The van der Waals surface area contributed by atoms with Gasteiger partial charge in [0.1, 0.15) is 5.82 Å². The maximum atomic E-state index is 14.1. The molecule has 2 aromatic heterocycles. The van der Waals surface area contributed by atoms with Crippen molar-refractivity contribution in [2.75, 3.05) is 10.2 Å². The molecule has 0 aliphatic carbocycles. The summed E-state index contributed by atoms with van der Waals surface area (Å²) in [5.41, 5.74) is 6.29. The summed E-state index contributed by atoms with van der Waals surface area (Å²) in [6.07, 6.45) is 1.78. The molecule has 2 aromatic carbocycles. The van der Waals surface area contributed by atoms with Crippen LogP contribution in [0.25, 0.3) is 5.69 Å². The second kappa shape index (κ2) is 9.54. The van der Waals surface area contributed by atoms with Gasteiger partial charge in [0.15, 0.2) is 5.11 Å². The fraction of sp³-hybridized carbons (Fsp3) is 0.179. The van der Waals surface area contributed by atoms with Gasteiger partial charge in [-0.3, -0.25) is 9.78 Å². The first-order valence-electron chi connectivity index (χ1n) is 11.7. The predicted octanol–water partition coefficient (Wildman–Crippen LogP) is 5.76. The van der Waals surface area contributed by atoms with E-state index in [1.54, 1.807) is 12.3 Å². The molecule has 182 valence electrons. The molecule has 1 saturated heterocycles. The number of amides is 1. The van der Waals surface area contributed by atoms with E-state index in [2.05, 4.69) is 31.2 Å². The summed E-state index contributed by atoms with van der Waals surface area (Å²) < 4.78 is 16.1. The average Bonchev–Trinajstić information content (AvgIpc) is 3.35. The minimum absolute atomic E-state index is 0.126. The molecule has 0 unspecified atom stereocenters. The topological polar surface area (TPSA) is 62.2 Å². The van der Waals surface area contributed by atoms with Crippen LogP contribution in [-0.4, -0.2) is 20.6 Å². The number of thiocarbonyl (C=S) groups is 1. The van der Waals surface area contributed by atoms with Gasteiger partial charge in [-0.05, 0) is 92.3 Å². The SMILES string of the molecule is CC(=O)Nc1ccc(N2C(=S)N[C@@H](c3ccccn3)[C@@H]2c2cc(C)n(-c3cccc(F)c3)c2C)cc1. The standard InChI is InChI=1S/C28H26FN5OS/c1-17-15-24(18(2)33(17)23-8-6-7-20(29)16-23)27-26(25-9-4-5-14-30-25)32-28(36)34(27)22-12-10-21(11-13-22)31-19(3)35/h4-16,26-27H,1-3H3,(H,31,35)(H,32,36)/t26-,27-/m0/s1. The van der Waals surface area contributed by atoms with Gasteiger partial charge in [-0.2, -0.15) is 0 Å². The molecular weight excluding hydrogens is 473 g/mol. The molecule has 1 aliphatic rings. The lowest BCUT2D eigenvalue weighted by atomic mass is 9.96. The second-order valence-electron chi connectivity index (χ2n) is 8.87. The maximum absolute atomic E-state index is 14.1. The molecule has 3 heterocycles. The molecule has 0 bridgehead atoms. The van der Waals surface area contributed by atoms with Gasteiger partial charge in [0.05, 0.1) is 17.8 Å². The highest BCUT2D eigenvalue weighted by molar-refractivity contribution is 7.80. The quantitative estimate of drug-likeness (QED) is 0.342. The van der Waals surface area contributed by atoms with Crippen LogP contribution in [0, 0.1) is 19.7 Å². The number of carbonyl (C=O) groups is 1. The first-order valence-corrected chi connectivity index (χ1v) is 12.1. The monoisotopic (exact) mass is 499 g/mol. The Bertz CT molecular complexity index is 1430. The Balaban J connectivity index is 1.63. The van der Waals surface area contributed by atoms with Crippen molar-refractivity contribution in [1.82, 2.24) is 14.9 Å². The van der Waals surface area contributed by atoms with Crippen molar-refractivity contribution in [3.8, 4) is 5.69 Å². The third-order valence-electron chi connectivity index (χ3n) is 6.42. The number of hydrogen-bond acceptors (Lipinski definition) is 3. The van der Waals surface area contributed by atoms with Crippen LogP contribution in [0.3, 0.4) is 0 Å². The third kappa shape index (κ3) is 4.35. The summed E-state index contributed by atoms with van der Waals surface area (Å²) in [5, 5.41) is 6.86. The lowest BCUT2D eigenvalue weighted by Crippen LogP contribution is -2.29. The number of aromatic nitrogens is 2. The van der Waals surface area contributed by atoms with Crippen molar-refractivity contribution < 1.29 is 9.18 Å². The number of carbonyl (C=O) groups excluding carboxylic acids is 1. The molecule has 1 aliphatic heterocycles. The van der Waals surface area contributed by atoms with Gasteiger partial charge < -0.3 is 20.1 Å². The van der Waals surface area contributed by atoms with Gasteiger partial charge in [0, 0.05) is 41.6 Å². The Morgan fingerprint density at radius 2 is 1.81 bits per heavy atom. The van der Waals surface area contributed by atoms with Crippen molar-refractivity contribution >= 4 is 34.6 Å². The highest BCUT2D eigenvalue weighted by Gasteiger charge is 2.42. The smallest absolute Gasteiger partial charge is 0.221 e. The van der Waals surface area contributed by atoms with Crippen molar-refractivity contribution in [3.05, 3.63) is 107 Å². The minimum Gasteiger partial charge on any atom is -0.351 e. The first-order chi connectivity index (χ1) is 17.3. The summed E-state index contributed by atoms with van der Waals surface area (Å²) in [6.45, 7) is 5.54. The molecule has 0 radical (unpaired) electrons. The van der Waals surface area contributed by atoms with Crippen LogP contribution in [0.1, 0.15) is 41.7 Å². The van der Waals surface area contributed by atoms with E-state index in [1.165, 1.54) is 19.1 Å². The Morgan fingerprint density at radius 3 is 2.47 bits per heavy atom. The van der Waals surface area contributed by atoms with Crippen LogP contribution in [0.2, 0.25) is 0 Å². The van der Waals surface area contributed by atoms with Crippen LogP contribution < -0.4 is 15.5 Å². The summed E-state index contributed by atoms with van der Waals surface area (Å²) >= 11 is 5.83. The van der Waals surface area contributed by atoms with Crippen LogP contribution in [0.15, 0.2) is 79.0 Å². The van der Waals surface area contributed by atoms with Crippen LogP contribution >= 0.6 is 12.2 Å². The minimum atomic E-state index is -0.280. The second-order valence-corrected chi connectivity index (χ2v) is 9.25. The van der Waals surface area contributed by atoms with E-state index in [4.69, 9.17) is 12.2 Å². The number of aryl methyl sites for hydroxylation is 1. The number of hydrogen-bond donors (Lipinski definition) is 2. The Hall–Kier alpha value is -4.04. The molecule has 4 aromatic rings. The average molecular weight is 500 g/mol. The molecule has 2 N–H and O–H groups in total. The first kappa shape index (κ1) is 23.7. The molecule has 0 spiro atoms. The molecule has 0 saturated carbocycles. The Morgan fingerprint density at radius 1 is 1.03 bits per heavy atom.